The topological polar surface area (TPSA) is 43.8 Å². The molecule has 2 aromatic rings. The van der Waals surface area contributed by atoms with Gasteiger partial charge in [0.25, 0.3) is 0 Å². The molecule has 0 spiro atoms. The van der Waals surface area contributed by atoms with Crippen LogP contribution in [0.3, 0.4) is 0 Å². The SMILES string of the molecule is CC[C@@H](N)c1cncn1-c1cccc(F)c1. The molecule has 0 amide bonds. The summed E-state index contributed by atoms with van der Waals surface area (Å²) in [6, 6.07) is 6.31. The van der Waals surface area contributed by atoms with Crippen LogP contribution in [-0.2, 0) is 0 Å². The van der Waals surface area contributed by atoms with Crippen molar-refractivity contribution < 1.29 is 4.39 Å². The van der Waals surface area contributed by atoms with Crippen LogP contribution >= 0.6 is 0 Å². The zero-order valence-electron chi connectivity index (χ0n) is 9.10. The van der Waals surface area contributed by atoms with Crippen molar-refractivity contribution in [2.24, 2.45) is 5.73 Å². The summed E-state index contributed by atoms with van der Waals surface area (Å²) in [5, 5.41) is 0. The highest BCUT2D eigenvalue weighted by Gasteiger charge is 2.10. The number of imidazole rings is 1. The molecule has 0 aliphatic carbocycles. The van der Waals surface area contributed by atoms with Crippen LogP contribution < -0.4 is 5.73 Å². The Hall–Kier alpha value is -1.68. The average molecular weight is 219 g/mol. The van der Waals surface area contributed by atoms with Gasteiger partial charge in [-0.1, -0.05) is 13.0 Å². The molecule has 0 saturated heterocycles. The molecule has 1 heterocycles. The van der Waals surface area contributed by atoms with Gasteiger partial charge in [-0.3, -0.25) is 0 Å². The van der Waals surface area contributed by atoms with Crippen molar-refractivity contribution in [1.82, 2.24) is 9.55 Å². The smallest absolute Gasteiger partial charge is 0.125 e. The molecule has 16 heavy (non-hydrogen) atoms. The molecular weight excluding hydrogens is 205 g/mol. The van der Waals surface area contributed by atoms with Gasteiger partial charge in [0.2, 0.25) is 0 Å². The molecule has 2 rings (SSSR count). The van der Waals surface area contributed by atoms with Gasteiger partial charge in [0, 0.05) is 11.7 Å². The molecule has 1 atom stereocenters. The van der Waals surface area contributed by atoms with Crippen molar-refractivity contribution in [2.75, 3.05) is 0 Å². The Morgan fingerprint density at radius 2 is 2.31 bits per heavy atom. The van der Waals surface area contributed by atoms with Crippen molar-refractivity contribution in [1.29, 1.82) is 0 Å². The van der Waals surface area contributed by atoms with Gasteiger partial charge in [-0.25, -0.2) is 9.37 Å². The van der Waals surface area contributed by atoms with E-state index in [9.17, 15) is 4.39 Å². The molecule has 84 valence electrons. The highest BCUT2D eigenvalue weighted by Crippen LogP contribution is 2.18. The first kappa shape index (κ1) is 10.8. The van der Waals surface area contributed by atoms with Gasteiger partial charge < -0.3 is 10.3 Å². The van der Waals surface area contributed by atoms with Crippen LogP contribution in [0, 0.1) is 5.82 Å². The fourth-order valence-electron chi connectivity index (χ4n) is 1.63. The zero-order chi connectivity index (χ0) is 11.5. The van der Waals surface area contributed by atoms with Gasteiger partial charge in [-0.05, 0) is 24.6 Å². The van der Waals surface area contributed by atoms with Crippen molar-refractivity contribution in [3.63, 3.8) is 0 Å². The van der Waals surface area contributed by atoms with Crippen molar-refractivity contribution in [3.8, 4) is 5.69 Å². The van der Waals surface area contributed by atoms with Crippen molar-refractivity contribution in [2.45, 2.75) is 19.4 Å². The fraction of sp³-hybridized carbons (Fsp3) is 0.250. The zero-order valence-corrected chi connectivity index (χ0v) is 9.10. The minimum atomic E-state index is -0.262. The van der Waals surface area contributed by atoms with E-state index in [1.807, 2.05) is 17.6 Å². The molecule has 2 N–H and O–H groups in total. The van der Waals surface area contributed by atoms with Crippen LogP contribution in [0.4, 0.5) is 4.39 Å². The molecular formula is C12H14FN3. The summed E-state index contributed by atoms with van der Waals surface area (Å²) in [4.78, 5) is 4.06. The van der Waals surface area contributed by atoms with Crippen LogP contribution in [-0.4, -0.2) is 9.55 Å². The van der Waals surface area contributed by atoms with E-state index in [0.29, 0.717) is 0 Å². The lowest BCUT2D eigenvalue weighted by Gasteiger charge is -2.12. The van der Waals surface area contributed by atoms with Crippen LogP contribution in [0.25, 0.3) is 5.69 Å². The van der Waals surface area contributed by atoms with Crippen LogP contribution in [0.5, 0.6) is 0 Å². The Morgan fingerprint density at radius 1 is 1.50 bits per heavy atom. The van der Waals surface area contributed by atoms with Crippen LogP contribution in [0.1, 0.15) is 25.1 Å². The van der Waals surface area contributed by atoms with E-state index < -0.39 is 0 Å². The summed E-state index contributed by atoms with van der Waals surface area (Å²) in [5.74, 6) is -0.262. The monoisotopic (exact) mass is 219 g/mol. The van der Waals surface area contributed by atoms with Crippen molar-refractivity contribution in [3.05, 3.63) is 48.3 Å². The Bertz CT molecular complexity index is 479. The number of rotatable bonds is 3. The normalized spacial score (nSPS) is 12.7. The van der Waals surface area contributed by atoms with E-state index >= 15 is 0 Å². The Labute approximate surface area is 93.7 Å². The van der Waals surface area contributed by atoms with E-state index in [2.05, 4.69) is 4.98 Å². The molecule has 0 bridgehead atoms. The second-order valence-electron chi connectivity index (χ2n) is 3.68. The molecule has 0 saturated carbocycles. The predicted molar refractivity (Wildman–Crippen MR) is 60.7 cm³/mol. The lowest BCUT2D eigenvalue weighted by atomic mass is 10.2. The Balaban J connectivity index is 2.44. The van der Waals surface area contributed by atoms with E-state index in [1.165, 1.54) is 12.1 Å². The summed E-state index contributed by atoms with van der Waals surface area (Å²) in [6.45, 7) is 2.01. The van der Waals surface area contributed by atoms with Crippen molar-refractivity contribution >= 4 is 0 Å². The summed E-state index contributed by atoms with van der Waals surface area (Å²) < 4.78 is 14.9. The largest absolute Gasteiger partial charge is 0.323 e. The summed E-state index contributed by atoms with van der Waals surface area (Å²) in [7, 11) is 0. The first-order chi connectivity index (χ1) is 7.72. The quantitative estimate of drug-likeness (QED) is 0.861. The molecule has 3 nitrogen and oxygen atoms in total. The number of aromatic nitrogens is 2. The number of nitrogens with zero attached hydrogens (tertiary/aromatic N) is 2. The lowest BCUT2D eigenvalue weighted by Crippen LogP contribution is -2.13. The van der Waals surface area contributed by atoms with Gasteiger partial charge in [0.1, 0.15) is 5.82 Å². The molecule has 4 heteroatoms. The maximum atomic E-state index is 13.1. The molecule has 1 aromatic carbocycles. The van der Waals surface area contributed by atoms with E-state index in [4.69, 9.17) is 5.73 Å². The number of nitrogens with two attached hydrogens (primary N) is 1. The van der Waals surface area contributed by atoms with E-state index in [-0.39, 0.29) is 11.9 Å². The standard InChI is InChI=1S/C12H14FN3/c1-2-11(14)12-7-15-8-16(12)10-5-3-4-9(13)6-10/h3-8,11H,2,14H2,1H3/t11-/m1/s1. The maximum Gasteiger partial charge on any atom is 0.125 e. The van der Waals surface area contributed by atoms with Gasteiger partial charge in [-0.15, -0.1) is 0 Å². The van der Waals surface area contributed by atoms with Gasteiger partial charge in [-0.2, -0.15) is 0 Å². The minimum absolute atomic E-state index is 0.0780. The van der Waals surface area contributed by atoms with Gasteiger partial charge in [0.05, 0.1) is 18.2 Å². The summed E-state index contributed by atoms with van der Waals surface area (Å²) >= 11 is 0. The minimum Gasteiger partial charge on any atom is -0.323 e. The van der Waals surface area contributed by atoms with Crippen LogP contribution in [0.15, 0.2) is 36.8 Å². The lowest BCUT2D eigenvalue weighted by molar-refractivity contribution is 0.623. The highest BCUT2D eigenvalue weighted by molar-refractivity contribution is 5.34. The fourth-order valence-corrected chi connectivity index (χ4v) is 1.63. The first-order valence-electron chi connectivity index (χ1n) is 5.26. The van der Waals surface area contributed by atoms with Crippen LogP contribution in [0.2, 0.25) is 0 Å². The van der Waals surface area contributed by atoms with Gasteiger partial charge >= 0.3 is 0 Å². The summed E-state index contributed by atoms with van der Waals surface area (Å²) in [5.41, 5.74) is 7.60. The number of benzene rings is 1. The van der Waals surface area contributed by atoms with Gasteiger partial charge in [0.15, 0.2) is 0 Å². The third-order valence-corrected chi connectivity index (χ3v) is 2.57. The maximum absolute atomic E-state index is 13.1. The molecule has 0 unspecified atom stereocenters. The molecule has 0 aliphatic rings. The first-order valence-corrected chi connectivity index (χ1v) is 5.26. The molecule has 0 aliphatic heterocycles. The number of hydrogen-bond acceptors (Lipinski definition) is 2. The third kappa shape index (κ3) is 1.97. The Kier molecular flexibility index (Phi) is 3.01. The number of halogens is 1. The Morgan fingerprint density at radius 3 is 3.00 bits per heavy atom. The van der Waals surface area contributed by atoms with E-state index in [1.54, 1.807) is 18.6 Å². The van der Waals surface area contributed by atoms with E-state index in [0.717, 1.165) is 17.8 Å². The summed E-state index contributed by atoms with van der Waals surface area (Å²) in [6.07, 6.45) is 4.19. The second-order valence-corrected chi connectivity index (χ2v) is 3.68. The predicted octanol–water partition coefficient (Wildman–Crippen LogP) is 2.42. The average Bonchev–Trinajstić information content (AvgIpc) is 2.77. The highest BCUT2D eigenvalue weighted by atomic mass is 19.1. The molecule has 1 aromatic heterocycles. The molecule has 0 radical (unpaired) electrons. The molecule has 0 fully saturated rings. The number of hydrogen-bond donors (Lipinski definition) is 1. The third-order valence-electron chi connectivity index (χ3n) is 2.57. The second kappa shape index (κ2) is 4.45.